The van der Waals surface area contributed by atoms with E-state index in [2.05, 4.69) is 15.0 Å². The summed E-state index contributed by atoms with van der Waals surface area (Å²) >= 11 is 0. The molecule has 2 heterocycles. The highest BCUT2D eigenvalue weighted by atomic mass is 16.4. The summed E-state index contributed by atoms with van der Waals surface area (Å²) in [5, 5.41) is 21.2. The Morgan fingerprint density at radius 1 is 0.575 bits per heavy atom. The van der Waals surface area contributed by atoms with Crippen molar-refractivity contribution in [3.05, 3.63) is 127 Å². The second kappa shape index (κ2) is 9.89. The van der Waals surface area contributed by atoms with Gasteiger partial charge >= 0.3 is 7.12 Å². The van der Waals surface area contributed by atoms with Crippen LogP contribution in [0, 0.1) is 0 Å². The minimum absolute atomic E-state index is 0.0426. The highest BCUT2D eigenvalue weighted by Crippen LogP contribution is 2.32. The molecule has 0 bridgehead atoms. The van der Waals surface area contributed by atoms with E-state index in [9.17, 15) is 10.0 Å². The van der Waals surface area contributed by atoms with Crippen LogP contribution in [-0.2, 0) is 0 Å². The van der Waals surface area contributed by atoms with Crippen LogP contribution in [-0.4, -0.2) is 36.7 Å². The van der Waals surface area contributed by atoms with Gasteiger partial charge < -0.3 is 14.6 Å². The maximum absolute atomic E-state index is 9.78. The topological polar surface area (TPSA) is 84.1 Å². The molecule has 0 unspecified atom stereocenters. The van der Waals surface area contributed by atoms with Gasteiger partial charge in [-0.1, -0.05) is 90.8 Å². The normalized spacial score (nSPS) is 14.8. The molecule has 0 aliphatic rings. The standard InChI is InChI=1S/C33H23BN4O2/c39-34(40)25-17-20-30-28(21-25)27-13-7-8-14-29(27)38(30)26-18-15-24(16-19-26)33-36-31(22-9-3-1-4-10-22)35-32(37-33)23-11-5-2-6-12-23/h1-21,39-40H/i1D,2D,3D,4D,5D,6D,9D,10D,11D,12D. The van der Waals surface area contributed by atoms with Crippen molar-refractivity contribution in [1.82, 2.24) is 19.5 Å². The van der Waals surface area contributed by atoms with Crippen LogP contribution in [0.25, 0.3) is 61.7 Å². The van der Waals surface area contributed by atoms with E-state index in [1.54, 1.807) is 42.5 Å². The molecule has 0 aliphatic heterocycles. The van der Waals surface area contributed by atoms with Crippen molar-refractivity contribution in [2.24, 2.45) is 0 Å². The number of aromatic nitrogens is 4. The summed E-state index contributed by atoms with van der Waals surface area (Å²) in [4.78, 5) is 13.3. The number of hydrogen-bond donors (Lipinski definition) is 2. The molecule has 40 heavy (non-hydrogen) atoms. The van der Waals surface area contributed by atoms with E-state index < -0.39 is 67.5 Å². The molecule has 6 nitrogen and oxygen atoms in total. The van der Waals surface area contributed by atoms with Gasteiger partial charge in [0.05, 0.1) is 24.7 Å². The zero-order valence-corrected chi connectivity index (χ0v) is 20.6. The van der Waals surface area contributed by atoms with Crippen molar-refractivity contribution in [1.29, 1.82) is 0 Å². The molecule has 190 valence electrons. The Kier molecular flexibility index (Phi) is 3.83. The zero-order valence-electron chi connectivity index (χ0n) is 30.6. The van der Waals surface area contributed by atoms with E-state index in [1.165, 1.54) is 0 Å². The largest absolute Gasteiger partial charge is 0.488 e. The molecule has 7 aromatic rings. The van der Waals surface area contributed by atoms with E-state index in [0.717, 1.165) is 27.5 Å². The van der Waals surface area contributed by atoms with Crippen molar-refractivity contribution in [2.45, 2.75) is 0 Å². The summed E-state index contributed by atoms with van der Waals surface area (Å²) in [5.74, 6) is -0.733. The third kappa shape index (κ3) is 4.23. The van der Waals surface area contributed by atoms with Crippen molar-refractivity contribution < 1.29 is 23.8 Å². The Labute approximate surface area is 245 Å². The molecule has 0 spiro atoms. The quantitative estimate of drug-likeness (QED) is 0.282. The van der Waals surface area contributed by atoms with Crippen molar-refractivity contribution in [3.63, 3.8) is 0 Å². The van der Waals surface area contributed by atoms with Crippen LogP contribution in [0.3, 0.4) is 0 Å². The lowest BCUT2D eigenvalue weighted by atomic mass is 9.80. The lowest BCUT2D eigenvalue weighted by molar-refractivity contribution is 0.426. The molecule has 0 saturated carbocycles. The van der Waals surface area contributed by atoms with Gasteiger partial charge in [0, 0.05) is 33.2 Å². The fourth-order valence-electron chi connectivity index (χ4n) is 4.64. The van der Waals surface area contributed by atoms with Crippen molar-refractivity contribution >= 4 is 34.4 Å². The number of fused-ring (bicyclic) bond motifs is 3. The lowest BCUT2D eigenvalue weighted by Crippen LogP contribution is -2.29. The van der Waals surface area contributed by atoms with E-state index >= 15 is 0 Å². The molecule has 0 aliphatic carbocycles. The third-order valence-corrected chi connectivity index (χ3v) is 6.46. The summed E-state index contributed by atoms with van der Waals surface area (Å²) in [5.41, 5.74) is 2.43. The molecule has 2 N–H and O–H groups in total. The molecule has 7 rings (SSSR count). The Morgan fingerprint density at radius 3 is 1.73 bits per heavy atom. The first-order valence-electron chi connectivity index (χ1n) is 17.2. The summed E-state index contributed by atoms with van der Waals surface area (Å²) < 4.78 is 84.8. The maximum atomic E-state index is 9.78. The minimum atomic E-state index is -1.64. The predicted molar refractivity (Wildman–Crippen MR) is 160 cm³/mol. The van der Waals surface area contributed by atoms with Crippen molar-refractivity contribution in [3.8, 4) is 39.9 Å². The van der Waals surface area contributed by atoms with Crippen molar-refractivity contribution in [2.75, 3.05) is 0 Å². The minimum Gasteiger partial charge on any atom is -0.423 e. The predicted octanol–water partition coefficient (Wildman–Crippen LogP) is 5.65. The molecular formula is C33H23BN4O2. The number of benzene rings is 5. The highest BCUT2D eigenvalue weighted by Gasteiger charge is 2.17. The highest BCUT2D eigenvalue weighted by molar-refractivity contribution is 6.59. The maximum Gasteiger partial charge on any atom is 0.488 e. The average molecular weight is 528 g/mol. The van der Waals surface area contributed by atoms with E-state index in [0.29, 0.717) is 11.0 Å². The average Bonchev–Trinajstić information content (AvgIpc) is 3.45. The van der Waals surface area contributed by atoms with Crippen LogP contribution in [0.1, 0.15) is 13.7 Å². The van der Waals surface area contributed by atoms with Gasteiger partial charge in [0.15, 0.2) is 17.5 Å². The Morgan fingerprint density at radius 2 is 1.12 bits per heavy atom. The Balaban J connectivity index is 1.45. The number of nitrogens with zero attached hydrogens (tertiary/aromatic N) is 4. The first-order valence-corrected chi connectivity index (χ1v) is 12.2. The van der Waals surface area contributed by atoms with Gasteiger partial charge in [0.1, 0.15) is 0 Å². The van der Waals surface area contributed by atoms with E-state index in [4.69, 9.17) is 13.7 Å². The molecular weight excluding hydrogens is 495 g/mol. The van der Waals surface area contributed by atoms with Gasteiger partial charge in [-0.3, -0.25) is 0 Å². The summed E-state index contributed by atoms with van der Waals surface area (Å²) in [7, 11) is -1.64. The monoisotopic (exact) mass is 528 g/mol. The number of rotatable bonds is 5. The lowest BCUT2D eigenvalue weighted by Gasteiger charge is -2.11. The smallest absolute Gasteiger partial charge is 0.423 e. The van der Waals surface area contributed by atoms with Gasteiger partial charge in [-0.2, -0.15) is 0 Å². The molecule has 0 fully saturated rings. The molecule has 0 radical (unpaired) electrons. The molecule has 5 aromatic carbocycles. The fraction of sp³-hybridized carbons (Fsp3) is 0. The van der Waals surface area contributed by atoms with Crippen LogP contribution in [0.15, 0.2) is 127 Å². The summed E-state index contributed by atoms with van der Waals surface area (Å²) in [6.45, 7) is 0. The molecule has 2 aromatic heterocycles. The van der Waals surface area contributed by atoms with E-state index in [-0.39, 0.29) is 28.6 Å². The molecule has 0 atom stereocenters. The van der Waals surface area contributed by atoms with Crippen LogP contribution in [0.5, 0.6) is 0 Å². The molecule has 0 saturated heterocycles. The van der Waals surface area contributed by atoms with Gasteiger partial charge in [0.25, 0.3) is 0 Å². The Bertz CT molecular complexity index is 2400. The second-order valence-electron chi connectivity index (χ2n) is 8.86. The number of hydrogen-bond acceptors (Lipinski definition) is 5. The second-order valence-corrected chi connectivity index (χ2v) is 8.86. The van der Waals surface area contributed by atoms with Crippen LogP contribution in [0.2, 0.25) is 0 Å². The summed E-state index contributed by atoms with van der Waals surface area (Å²) in [6.07, 6.45) is 0. The van der Waals surface area contributed by atoms with Gasteiger partial charge in [-0.15, -0.1) is 0 Å². The first-order chi connectivity index (χ1) is 23.8. The van der Waals surface area contributed by atoms with Crippen LogP contribution < -0.4 is 5.46 Å². The van der Waals surface area contributed by atoms with Crippen LogP contribution in [0.4, 0.5) is 0 Å². The SMILES string of the molecule is [2H]c1c([2H])c([2H])c(-c2nc(-c3ccc(-n4c5ccccc5c5cc(B(O)O)ccc54)cc3)nc(-c3c([2H])c([2H])c([2H])c([2H])c3[2H])n2)c([2H])c1[2H]. The van der Waals surface area contributed by atoms with Gasteiger partial charge in [0.2, 0.25) is 0 Å². The van der Waals surface area contributed by atoms with Crippen LogP contribution >= 0.6 is 0 Å². The zero-order chi connectivity index (χ0) is 35.8. The summed E-state index contributed by atoms with van der Waals surface area (Å²) in [6, 6.07) is 13.7. The van der Waals surface area contributed by atoms with E-state index in [1.807, 2.05) is 28.8 Å². The molecule has 0 amide bonds. The Hall–Kier alpha value is -5.11. The van der Waals surface area contributed by atoms with Gasteiger partial charge in [-0.25, -0.2) is 15.0 Å². The van der Waals surface area contributed by atoms with Gasteiger partial charge in [-0.05, 0) is 41.9 Å². The molecule has 7 heteroatoms. The first kappa shape index (κ1) is 15.5. The fourth-order valence-corrected chi connectivity index (χ4v) is 4.64. The number of para-hydroxylation sites is 1. The third-order valence-electron chi connectivity index (χ3n) is 6.46.